The monoisotopic (exact) mass is 513 g/mol. The smallest absolute Gasteiger partial charge is 0.276 e. The number of nitrogens with two attached hydrogens (primary N) is 1. The maximum Gasteiger partial charge on any atom is 0.276 e. The number of halogens is 1. The van der Waals surface area contributed by atoms with Crippen molar-refractivity contribution in [3.8, 4) is 6.07 Å². The van der Waals surface area contributed by atoms with Crippen LogP contribution in [-0.2, 0) is 33.5 Å². The number of rotatable bonds is 6. The maximum atomic E-state index is 13.9. The molecule has 2 N–H and O–H groups in total. The molecule has 4 heterocycles. The van der Waals surface area contributed by atoms with E-state index in [4.69, 9.17) is 27.0 Å². The number of hydrogen-bond donors (Lipinski definition) is 1. The van der Waals surface area contributed by atoms with Gasteiger partial charge in [0.05, 0.1) is 40.9 Å². The lowest BCUT2D eigenvalue weighted by Crippen LogP contribution is -2.51. The van der Waals surface area contributed by atoms with Crippen LogP contribution in [0.4, 0.5) is 5.69 Å². The number of carbonyl (C=O) groups excluding carboxylic acids is 1. The van der Waals surface area contributed by atoms with Gasteiger partial charge in [0.25, 0.3) is 10.2 Å². The first-order chi connectivity index (χ1) is 16.7. The minimum absolute atomic E-state index is 0.0942. The number of hydrogen-bond acceptors (Lipinski definition) is 6. The number of aromatic nitrogens is 3. The van der Waals surface area contributed by atoms with Gasteiger partial charge in [0.2, 0.25) is 5.91 Å². The van der Waals surface area contributed by atoms with Gasteiger partial charge in [0.15, 0.2) is 0 Å². The van der Waals surface area contributed by atoms with Crippen molar-refractivity contribution in [1.29, 1.82) is 5.26 Å². The lowest BCUT2D eigenvalue weighted by Gasteiger charge is -2.37. The Morgan fingerprint density at radius 3 is 2.71 bits per heavy atom. The number of benzene rings is 1. The molecule has 12 heteroatoms. The van der Waals surface area contributed by atoms with Crippen molar-refractivity contribution in [2.75, 3.05) is 18.0 Å². The van der Waals surface area contributed by atoms with Crippen molar-refractivity contribution in [2.45, 2.75) is 44.2 Å². The van der Waals surface area contributed by atoms with Gasteiger partial charge in [0.1, 0.15) is 5.82 Å². The summed E-state index contributed by atoms with van der Waals surface area (Å²) in [6, 6.07) is 9.49. The Morgan fingerprint density at radius 2 is 2.00 bits per heavy atom. The molecule has 0 unspecified atom stereocenters. The number of nitrogens with zero attached hydrogens (tertiary/aromatic N) is 6. The zero-order valence-electron chi connectivity index (χ0n) is 18.9. The molecule has 0 saturated carbocycles. The fourth-order valence-corrected chi connectivity index (χ4v) is 6.09. The fraction of sp³-hybridized carbons (Fsp3) is 0.391. The summed E-state index contributed by atoms with van der Waals surface area (Å²) in [5, 5.41) is 14.9. The van der Waals surface area contributed by atoms with Crippen LogP contribution in [0.3, 0.4) is 0 Å². The molecule has 0 atom stereocenters. The number of unbranched alkanes of at least 4 members (excludes halogenated alkanes) is 1. The average Bonchev–Trinajstić information content (AvgIpc) is 3.27. The minimum Gasteiger partial charge on any atom is -0.326 e. The number of aryl methyl sites for hydroxylation is 1. The molecular formula is C23H24ClN7O3S. The first kappa shape index (κ1) is 23.7. The van der Waals surface area contributed by atoms with Crippen LogP contribution in [0, 0.1) is 11.3 Å². The van der Waals surface area contributed by atoms with E-state index in [-0.39, 0.29) is 25.5 Å². The average molecular weight is 514 g/mol. The third-order valence-electron chi connectivity index (χ3n) is 6.96. The Kier molecular flexibility index (Phi) is 6.01. The molecule has 1 fully saturated rings. The lowest BCUT2D eigenvalue weighted by molar-refractivity contribution is -0.124. The number of anilines is 1. The van der Waals surface area contributed by atoms with E-state index in [1.54, 1.807) is 29.4 Å². The minimum atomic E-state index is -3.82. The lowest BCUT2D eigenvalue weighted by atomic mass is 9.74. The van der Waals surface area contributed by atoms with Crippen molar-refractivity contribution in [2.24, 2.45) is 5.14 Å². The summed E-state index contributed by atoms with van der Waals surface area (Å²) in [5.74, 6) is 0.589. The molecule has 0 radical (unpaired) electrons. The number of piperidine rings is 1. The number of carbonyl (C=O) groups is 1. The molecule has 10 nitrogen and oxygen atoms in total. The Bertz CT molecular complexity index is 1460. The fourth-order valence-electron chi connectivity index (χ4n) is 5.23. The van der Waals surface area contributed by atoms with Gasteiger partial charge in [-0.15, -0.1) is 0 Å². The largest absolute Gasteiger partial charge is 0.326 e. The van der Waals surface area contributed by atoms with E-state index in [1.807, 2.05) is 16.7 Å². The second kappa shape index (κ2) is 8.87. The van der Waals surface area contributed by atoms with Gasteiger partial charge in [-0.05, 0) is 49.1 Å². The summed E-state index contributed by atoms with van der Waals surface area (Å²) >= 11 is 6.19. The molecule has 1 saturated heterocycles. The number of nitriles is 1. The van der Waals surface area contributed by atoms with Crippen LogP contribution in [0.5, 0.6) is 0 Å². The van der Waals surface area contributed by atoms with E-state index < -0.39 is 15.6 Å². The van der Waals surface area contributed by atoms with Gasteiger partial charge in [-0.25, -0.2) is 10.1 Å². The van der Waals surface area contributed by atoms with Crippen LogP contribution < -0.4 is 10.0 Å². The van der Waals surface area contributed by atoms with E-state index in [0.717, 1.165) is 16.6 Å². The predicted octanol–water partition coefficient (Wildman–Crippen LogP) is 2.47. The predicted molar refractivity (Wildman–Crippen MR) is 131 cm³/mol. The Balaban J connectivity index is 1.51. The van der Waals surface area contributed by atoms with Gasteiger partial charge < -0.3 is 9.47 Å². The molecule has 182 valence electrons. The first-order valence-corrected chi connectivity index (χ1v) is 13.2. The molecule has 1 amide bonds. The second-order valence-electron chi connectivity index (χ2n) is 8.88. The summed E-state index contributed by atoms with van der Waals surface area (Å²) in [5.41, 5.74) is 2.33. The van der Waals surface area contributed by atoms with Gasteiger partial charge in [0, 0.05) is 37.3 Å². The number of amides is 1. The van der Waals surface area contributed by atoms with Crippen molar-refractivity contribution in [3.05, 3.63) is 53.1 Å². The molecule has 3 aromatic rings. The first-order valence-electron chi connectivity index (χ1n) is 11.3. The molecule has 2 aliphatic rings. The summed E-state index contributed by atoms with van der Waals surface area (Å²) in [7, 11) is -3.82. The van der Waals surface area contributed by atoms with Crippen molar-refractivity contribution >= 4 is 44.4 Å². The molecule has 0 aliphatic carbocycles. The zero-order chi connectivity index (χ0) is 24.8. The van der Waals surface area contributed by atoms with Crippen LogP contribution in [0.25, 0.3) is 11.0 Å². The molecule has 5 rings (SSSR count). The number of imidazole rings is 1. The van der Waals surface area contributed by atoms with Gasteiger partial charge in [-0.1, -0.05) is 11.6 Å². The van der Waals surface area contributed by atoms with Crippen LogP contribution in [0.2, 0.25) is 5.02 Å². The Hall–Kier alpha value is -3.04. The van der Waals surface area contributed by atoms with E-state index in [2.05, 4.69) is 11.1 Å². The Morgan fingerprint density at radius 1 is 1.23 bits per heavy atom. The van der Waals surface area contributed by atoms with Crippen LogP contribution in [0.15, 0.2) is 36.7 Å². The van der Waals surface area contributed by atoms with Crippen molar-refractivity contribution in [1.82, 2.24) is 18.8 Å². The normalized spacial score (nSPS) is 17.7. The van der Waals surface area contributed by atoms with Gasteiger partial charge in [-0.3, -0.25) is 9.78 Å². The molecule has 2 aliphatic heterocycles. The third-order valence-corrected chi connectivity index (χ3v) is 8.28. The molecule has 35 heavy (non-hydrogen) atoms. The highest BCUT2D eigenvalue weighted by atomic mass is 35.5. The Labute approximate surface area is 208 Å². The summed E-state index contributed by atoms with van der Waals surface area (Å²) < 4.78 is 26.9. The standard InChI is InChI=1S/C23H24ClN7O3S/c24-16-3-4-19-18(13-16)28-21(30(19)10-2-1-8-25)15-31-20-14-27-9-5-17(20)23(22(31)32)6-11-29(12-7-23)35(26,33)34/h3-5,9,13-14H,1-2,6-7,10-12,15H2,(H2,26,33,34). The molecular weight excluding hydrogens is 490 g/mol. The summed E-state index contributed by atoms with van der Waals surface area (Å²) in [4.78, 5) is 24.7. The number of pyridine rings is 1. The zero-order valence-corrected chi connectivity index (χ0v) is 20.5. The SMILES string of the molecule is N#CCCCn1c(CN2C(=O)C3(CCN(S(N)(=O)=O)CC3)c3ccncc32)nc2cc(Cl)ccc21. The van der Waals surface area contributed by atoms with E-state index >= 15 is 0 Å². The van der Waals surface area contributed by atoms with Gasteiger partial charge in [-0.2, -0.15) is 18.0 Å². The van der Waals surface area contributed by atoms with Gasteiger partial charge >= 0.3 is 0 Å². The molecule has 2 aromatic heterocycles. The van der Waals surface area contributed by atoms with E-state index in [0.29, 0.717) is 48.8 Å². The van der Waals surface area contributed by atoms with Crippen LogP contribution in [0.1, 0.15) is 37.1 Å². The quantitative estimate of drug-likeness (QED) is 0.502. The van der Waals surface area contributed by atoms with Crippen LogP contribution in [-0.4, -0.2) is 46.3 Å². The van der Waals surface area contributed by atoms with Crippen molar-refractivity contribution < 1.29 is 13.2 Å². The number of fused-ring (bicyclic) bond motifs is 3. The van der Waals surface area contributed by atoms with E-state index in [1.165, 1.54) is 4.31 Å². The highest BCUT2D eigenvalue weighted by Crippen LogP contribution is 2.48. The molecule has 1 spiro atoms. The second-order valence-corrected chi connectivity index (χ2v) is 10.9. The maximum absolute atomic E-state index is 13.9. The molecule has 1 aromatic carbocycles. The highest BCUT2D eigenvalue weighted by molar-refractivity contribution is 7.86. The molecule has 0 bridgehead atoms. The topological polar surface area (TPSA) is 138 Å². The summed E-state index contributed by atoms with van der Waals surface area (Å²) in [6.07, 6.45) is 5.06. The summed E-state index contributed by atoms with van der Waals surface area (Å²) in [6.45, 7) is 1.14. The van der Waals surface area contributed by atoms with E-state index in [9.17, 15) is 13.2 Å². The third kappa shape index (κ3) is 4.06. The highest BCUT2D eigenvalue weighted by Gasteiger charge is 2.53. The van der Waals surface area contributed by atoms with Crippen LogP contribution >= 0.6 is 11.6 Å². The van der Waals surface area contributed by atoms with Crippen molar-refractivity contribution in [3.63, 3.8) is 0 Å².